The fourth-order valence-corrected chi connectivity index (χ4v) is 4.19. The molecule has 2 N–H and O–H groups in total. The van der Waals surface area contributed by atoms with E-state index in [4.69, 9.17) is 27.9 Å². The van der Waals surface area contributed by atoms with Gasteiger partial charge in [-0.05, 0) is 46.9 Å². The second kappa shape index (κ2) is 8.25. The van der Waals surface area contributed by atoms with E-state index in [1.165, 1.54) is 25.1 Å². The molecule has 1 amide bonds. The van der Waals surface area contributed by atoms with Crippen molar-refractivity contribution in [2.75, 3.05) is 6.61 Å². The summed E-state index contributed by atoms with van der Waals surface area (Å²) in [4.78, 5) is 24.6. The second-order valence-corrected chi connectivity index (χ2v) is 8.32. The van der Waals surface area contributed by atoms with Gasteiger partial charge in [0.2, 0.25) is 0 Å². The molecule has 3 aromatic carbocycles. The molecule has 3 aromatic rings. The largest absolute Gasteiger partial charge is 0.479 e. The number of hydrogen-bond acceptors (Lipinski definition) is 3. The number of aliphatic carboxylic acids is 1. The standard InChI is InChI=1S/C24H19Cl2NO4/c1-24(22(28)29,14-10-11-20(25)21(26)12-14)27-23(30)31-13-19-17-8-4-2-6-15(17)16-7-3-5-9-18(16)19/h2-12,19H,13H2,1H3,(H,27,30)(H,28,29). The Kier molecular flexibility index (Phi) is 5.65. The highest BCUT2D eigenvalue weighted by Crippen LogP contribution is 2.44. The van der Waals surface area contributed by atoms with Crippen molar-refractivity contribution in [1.29, 1.82) is 0 Å². The maximum absolute atomic E-state index is 12.6. The Balaban J connectivity index is 1.53. The van der Waals surface area contributed by atoms with Crippen LogP contribution in [0.3, 0.4) is 0 Å². The minimum Gasteiger partial charge on any atom is -0.479 e. The first-order valence-corrected chi connectivity index (χ1v) is 10.4. The van der Waals surface area contributed by atoms with Crippen LogP contribution in [0.2, 0.25) is 10.0 Å². The highest BCUT2D eigenvalue weighted by atomic mass is 35.5. The van der Waals surface area contributed by atoms with E-state index in [1.54, 1.807) is 0 Å². The predicted octanol–water partition coefficient (Wildman–Crippen LogP) is 5.83. The number of carboxylic acids is 1. The van der Waals surface area contributed by atoms with Crippen molar-refractivity contribution in [2.45, 2.75) is 18.4 Å². The molecule has 0 spiro atoms. The van der Waals surface area contributed by atoms with Gasteiger partial charge in [-0.3, -0.25) is 0 Å². The van der Waals surface area contributed by atoms with Crippen LogP contribution in [0.5, 0.6) is 0 Å². The summed E-state index contributed by atoms with van der Waals surface area (Å²) in [5.74, 6) is -1.38. The van der Waals surface area contributed by atoms with Crippen LogP contribution in [-0.2, 0) is 15.1 Å². The molecule has 0 saturated heterocycles. The topological polar surface area (TPSA) is 75.6 Å². The molecule has 158 valence electrons. The van der Waals surface area contributed by atoms with E-state index in [2.05, 4.69) is 5.32 Å². The number of alkyl carbamates (subject to hydrolysis) is 1. The number of amides is 1. The van der Waals surface area contributed by atoms with Gasteiger partial charge in [-0.25, -0.2) is 9.59 Å². The summed E-state index contributed by atoms with van der Waals surface area (Å²) < 4.78 is 5.49. The Bertz CT molecular complexity index is 1130. The number of carboxylic acid groups (broad SMARTS) is 1. The third-order valence-electron chi connectivity index (χ3n) is 5.62. The van der Waals surface area contributed by atoms with Crippen LogP contribution < -0.4 is 5.32 Å². The number of nitrogens with one attached hydrogen (secondary N) is 1. The van der Waals surface area contributed by atoms with Crippen molar-refractivity contribution in [3.8, 4) is 11.1 Å². The van der Waals surface area contributed by atoms with Gasteiger partial charge in [0.1, 0.15) is 6.61 Å². The molecule has 7 heteroatoms. The lowest BCUT2D eigenvalue weighted by atomic mass is 9.92. The third kappa shape index (κ3) is 3.87. The zero-order chi connectivity index (χ0) is 22.2. The number of carbonyl (C=O) groups excluding carboxylic acids is 1. The summed E-state index contributed by atoms with van der Waals surface area (Å²) >= 11 is 12.0. The Morgan fingerprint density at radius 2 is 1.55 bits per heavy atom. The van der Waals surface area contributed by atoms with Gasteiger partial charge in [-0.15, -0.1) is 0 Å². The molecule has 0 fully saturated rings. The van der Waals surface area contributed by atoms with Gasteiger partial charge >= 0.3 is 12.1 Å². The van der Waals surface area contributed by atoms with Crippen LogP contribution in [0.15, 0.2) is 66.7 Å². The van der Waals surface area contributed by atoms with Crippen LogP contribution >= 0.6 is 23.2 Å². The van der Waals surface area contributed by atoms with E-state index in [0.29, 0.717) is 5.02 Å². The Labute approximate surface area is 189 Å². The van der Waals surface area contributed by atoms with Crippen LogP contribution in [0, 0.1) is 0 Å². The quantitative estimate of drug-likeness (QED) is 0.507. The Morgan fingerprint density at radius 1 is 0.968 bits per heavy atom. The number of fused-ring (bicyclic) bond motifs is 3. The lowest BCUT2D eigenvalue weighted by Gasteiger charge is -2.27. The molecule has 0 heterocycles. The van der Waals surface area contributed by atoms with Gasteiger partial charge in [0.25, 0.3) is 0 Å². The van der Waals surface area contributed by atoms with Crippen LogP contribution in [0.25, 0.3) is 11.1 Å². The van der Waals surface area contributed by atoms with Crippen LogP contribution in [0.1, 0.15) is 29.5 Å². The molecule has 0 saturated carbocycles. The number of halogens is 2. The molecule has 0 radical (unpaired) electrons. The summed E-state index contributed by atoms with van der Waals surface area (Å²) in [6, 6.07) is 20.4. The van der Waals surface area contributed by atoms with Crippen molar-refractivity contribution in [3.05, 3.63) is 93.5 Å². The second-order valence-electron chi connectivity index (χ2n) is 7.51. The third-order valence-corrected chi connectivity index (χ3v) is 6.36. The molecule has 5 nitrogen and oxygen atoms in total. The van der Waals surface area contributed by atoms with Gasteiger partial charge < -0.3 is 15.2 Å². The fraction of sp³-hybridized carbons (Fsp3) is 0.167. The van der Waals surface area contributed by atoms with Crippen molar-refractivity contribution in [2.24, 2.45) is 0 Å². The normalized spacial score (nSPS) is 14.3. The lowest BCUT2D eigenvalue weighted by Crippen LogP contribution is -2.50. The molecule has 1 aliphatic rings. The van der Waals surface area contributed by atoms with E-state index in [9.17, 15) is 14.7 Å². The smallest absolute Gasteiger partial charge is 0.408 e. The SMILES string of the molecule is CC(NC(=O)OCC1c2ccccc2-c2ccccc21)(C(=O)O)c1ccc(Cl)c(Cl)c1. The van der Waals surface area contributed by atoms with Crippen LogP contribution in [0.4, 0.5) is 4.79 Å². The number of hydrogen-bond donors (Lipinski definition) is 2. The highest BCUT2D eigenvalue weighted by Gasteiger charge is 2.38. The molecule has 4 rings (SSSR count). The van der Waals surface area contributed by atoms with Crippen molar-refractivity contribution < 1.29 is 19.4 Å². The summed E-state index contributed by atoms with van der Waals surface area (Å²) in [6.07, 6.45) is -0.835. The van der Waals surface area contributed by atoms with Crippen molar-refractivity contribution in [1.82, 2.24) is 5.32 Å². The molecule has 31 heavy (non-hydrogen) atoms. The molecule has 0 aliphatic heterocycles. The Morgan fingerprint density at radius 3 is 2.10 bits per heavy atom. The van der Waals surface area contributed by atoms with Crippen molar-refractivity contribution >= 4 is 35.3 Å². The van der Waals surface area contributed by atoms with Gasteiger partial charge in [-0.1, -0.05) is 77.8 Å². The van der Waals surface area contributed by atoms with Crippen LogP contribution in [-0.4, -0.2) is 23.8 Å². The molecule has 1 atom stereocenters. The minimum atomic E-state index is -1.74. The number of benzene rings is 3. The molecule has 0 aromatic heterocycles. The number of rotatable bonds is 5. The van der Waals surface area contributed by atoms with Gasteiger partial charge in [0.15, 0.2) is 5.54 Å². The molecular formula is C24H19Cl2NO4. The first-order valence-electron chi connectivity index (χ1n) is 9.63. The maximum atomic E-state index is 12.6. The fourth-order valence-electron chi connectivity index (χ4n) is 3.89. The first kappa shape index (κ1) is 21.2. The van der Waals surface area contributed by atoms with Crippen molar-refractivity contribution in [3.63, 3.8) is 0 Å². The average Bonchev–Trinajstić information content (AvgIpc) is 3.08. The molecule has 1 aliphatic carbocycles. The van der Waals surface area contributed by atoms with Gasteiger partial charge in [-0.2, -0.15) is 0 Å². The molecular weight excluding hydrogens is 437 g/mol. The first-order chi connectivity index (χ1) is 14.8. The van der Waals surface area contributed by atoms with E-state index in [1.807, 2.05) is 48.5 Å². The monoisotopic (exact) mass is 455 g/mol. The van der Waals surface area contributed by atoms with Gasteiger partial charge in [0.05, 0.1) is 10.0 Å². The lowest BCUT2D eigenvalue weighted by molar-refractivity contribution is -0.144. The predicted molar refractivity (Wildman–Crippen MR) is 120 cm³/mol. The van der Waals surface area contributed by atoms with E-state index in [-0.39, 0.29) is 23.1 Å². The zero-order valence-corrected chi connectivity index (χ0v) is 18.1. The van der Waals surface area contributed by atoms with E-state index in [0.717, 1.165) is 22.3 Å². The number of ether oxygens (including phenoxy) is 1. The average molecular weight is 456 g/mol. The number of carbonyl (C=O) groups is 2. The zero-order valence-electron chi connectivity index (χ0n) is 16.6. The molecule has 1 unspecified atom stereocenters. The van der Waals surface area contributed by atoms with E-state index >= 15 is 0 Å². The highest BCUT2D eigenvalue weighted by molar-refractivity contribution is 6.42. The summed E-state index contributed by atoms with van der Waals surface area (Å²) in [7, 11) is 0. The maximum Gasteiger partial charge on any atom is 0.408 e. The van der Waals surface area contributed by atoms with E-state index < -0.39 is 17.6 Å². The minimum absolute atomic E-state index is 0.0803. The summed E-state index contributed by atoms with van der Waals surface area (Å²) in [5, 5.41) is 12.7. The summed E-state index contributed by atoms with van der Waals surface area (Å²) in [6.45, 7) is 1.45. The molecule has 0 bridgehead atoms. The Hall–Kier alpha value is -3.02. The van der Waals surface area contributed by atoms with Gasteiger partial charge in [0, 0.05) is 5.92 Å². The summed E-state index contributed by atoms with van der Waals surface area (Å²) in [5.41, 5.74) is 2.90.